The number of aromatic nitrogens is 1. The minimum Gasteiger partial charge on any atom is -0.483 e. The molecule has 1 aromatic carbocycles. The summed E-state index contributed by atoms with van der Waals surface area (Å²) in [7, 11) is 3.15. The number of methoxy groups -OCH3 is 2. The molecule has 26 heavy (non-hydrogen) atoms. The fraction of sp³-hybridized carbons (Fsp3) is 0.421. The third-order valence-corrected chi connectivity index (χ3v) is 5.04. The van der Waals surface area contributed by atoms with Crippen LogP contribution in [0.15, 0.2) is 38.9 Å². The summed E-state index contributed by atoms with van der Waals surface area (Å²) >= 11 is 3.38. The molecule has 0 saturated heterocycles. The SMILES string of the molecule is COC1=N[C@@H](Cc2c(F)cc(Br)c3ncccc23)C(OC)=NC1C(C)C. The molecule has 1 aliphatic rings. The molecule has 0 radical (unpaired) electrons. The second-order valence-corrected chi connectivity index (χ2v) is 7.32. The molecule has 0 N–H and O–H groups in total. The van der Waals surface area contributed by atoms with Crippen LogP contribution in [0.3, 0.4) is 0 Å². The van der Waals surface area contributed by atoms with Crippen LogP contribution in [0.25, 0.3) is 10.9 Å². The van der Waals surface area contributed by atoms with Crippen molar-refractivity contribution in [1.29, 1.82) is 0 Å². The Hall–Kier alpha value is -2.02. The van der Waals surface area contributed by atoms with Crippen molar-refractivity contribution in [1.82, 2.24) is 4.98 Å². The van der Waals surface area contributed by atoms with Gasteiger partial charge in [-0.3, -0.25) is 4.98 Å². The first-order valence-corrected chi connectivity index (χ1v) is 9.20. The van der Waals surface area contributed by atoms with Gasteiger partial charge in [0.1, 0.15) is 17.9 Å². The predicted molar refractivity (Wildman–Crippen MR) is 104 cm³/mol. The Morgan fingerprint density at radius 2 is 1.92 bits per heavy atom. The van der Waals surface area contributed by atoms with Gasteiger partial charge < -0.3 is 9.47 Å². The molecule has 1 aliphatic heterocycles. The zero-order chi connectivity index (χ0) is 18.8. The van der Waals surface area contributed by atoms with E-state index in [-0.39, 0.29) is 17.8 Å². The highest BCUT2D eigenvalue weighted by molar-refractivity contribution is 9.10. The van der Waals surface area contributed by atoms with Crippen LogP contribution in [0, 0.1) is 11.7 Å². The van der Waals surface area contributed by atoms with Crippen LogP contribution in [0.2, 0.25) is 0 Å². The molecular weight excluding hydrogens is 401 g/mol. The minimum absolute atomic E-state index is 0.195. The lowest BCUT2D eigenvalue weighted by Crippen LogP contribution is -2.38. The number of halogens is 2. The maximum absolute atomic E-state index is 14.7. The van der Waals surface area contributed by atoms with Crippen molar-refractivity contribution in [2.24, 2.45) is 15.9 Å². The lowest BCUT2D eigenvalue weighted by Gasteiger charge is -2.27. The number of hydrogen-bond donors (Lipinski definition) is 0. The molecule has 0 bridgehead atoms. The van der Waals surface area contributed by atoms with Gasteiger partial charge in [-0.05, 0) is 39.5 Å². The van der Waals surface area contributed by atoms with Crippen LogP contribution < -0.4 is 0 Å². The Balaban J connectivity index is 2.04. The summed E-state index contributed by atoms with van der Waals surface area (Å²) in [4.78, 5) is 13.7. The second kappa shape index (κ2) is 7.70. The highest BCUT2D eigenvalue weighted by Gasteiger charge is 2.32. The quantitative estimate of drug-likeness (QED) is 0.746. The van der Waals surface area contributed by atoms with Crippen molar-refractivity contribution in [3.63, 3.8) is 0 Å². The number of rotatable bonds is 3. The van der Waals surface area contributed by atoms with Gasteiger partial charge in [0, 0.05) is 22.5 Å². The van der Waals surface area contributed by atoms with Crippen molar-refractivity contribution >= 4 is 38.6 Å². The predicted octanol–water partition coefficient (Wildman–Crippen LogP) is 4.18. The van der Waals surface area contributed by atoms with E-state index >= 15 is 0 Å². The average Bonchev–Trinajstić information content (AvgIpc) is 2.64. The van der Waals surface area contributed by atoms with Crippen LogP contribution in [0.4, 0.5) is 4.39 Å². The van der Waals surface area contributed by atoms with Crippen LogP contribution in [-0.2, 0) is 15.9 Å². The minimum atomic E-state index is -0.441. The standard InChI is InChI=1S/C19H21BrFN3O2/c1-10(2)16-19(26-4)23-15(18(24-16)25-3)8-12-11-6-5-7-22-17(11)13(20)9-14(12)21/h5-7,9-10,15-16H,8H2,1-4H3/t15-,16?/m0/s1. The molecule has 7 heteroatoms. The lowest BCUT2D eigenvalue weighted by molar-refractivity contribution is 0.332. The first-order chi connectivity index (χ1) is 12.5. The average molecular weight is 422 g/mol. The van der Waals surface area contributed by atoms with Crippen LogP contribution >= 0.6 is 15.9 Å². The number of ether oxygens (including phenoxy) is 2. The van der Waals surface area contributed by atoms with E-state index in [1.807, 2.05) is 19.9 Å². The van der Waals surface area contributed by atoms with Gasteiger partial charge >= 0.3 is 0 Å². The van der Waals surface area contributed by atoms with E-state index in [9.17, 15) is 4.39 Å². The summed E-state index contributed by atoms with van der Waals surface area (Å²) in [6.07, 6.45) is 2.00. The second-order valence-electron chi connectivity index (χ2n) is 6.47. The molecule has 0 spiro atoms. The number of aliphatic imine (C=N–C) groups is 2. The number of pyridine rings is 1. The van der Waals surface area contributed by atoms with Crippen molar-refractivity contribution < 1.29 is 13.9 Å². The fourth-order valence-corrected chi connectivity index (χ4v) is 3.65. The van der Waals surface area contributed by atoms with Gasteiger partial charge in [0.15, 0.2) is 0 Å². The van der Waals surface area contributed by atoms with Crippen LogP contribution in [0.1, 0.15) is 19.4 Å². The number of hydrogen-bond acceptors (Lipinski definition) is 5. The highest BCUT2D eigenvalue weighted by atomic mass is 79.9. The Morgan fingerprint density at radius 3 is 2.58 bits per heavy atom. The Bertz CT molecular complexity index is 882. The lowest BCUT2D eigenvalue weighted by atomic mass is 9.98. The molecule has 0 aliphatic carbocycles. The Kier molecular flexibility index (Phi) is 5.55. The molecule has 5 nitrogen and oxygen atoms in total. The summed E-state index contributed by atoms with van der Waals surface area (Å²) in [5, 5.41) is 0.745. The molecular formula is C19H21BrFN3O2. The van der Waals surface area contributed by atoms with Gasteiger partial charge in [-0.1, -0.05) is 19.9 Å². The summed E-state index contributed by atoms with van der Waals surface area (Å²) in [5.41, 5.74) is 1.25. The topological polar surface area (TPSA) is 56.1 Å². The molecule has 1 unspecified atom stereocenters. The molecule has 3 rings (SSSR count). The Morgan fingerprint density at radius 1 is 1.19 bits per heavy atom. The number of benzene rings is 1. The molecule has 0 saturated carbocycles. The molecule has 138 valence electrons. The Labute approximate surface area is 160 Å². The molecule has 0 amide bonds. The molecule has 0 fully saturated rings. The largest absolute Gasteiger partial charge is 0.483 e. The van der Waals surface area contributed by atoms with Crippen LogP contribution in [0.5, 0.6) is 0 Å². The molecule has 2 atom stereocenters. The maximum Gasteiger partial charge on any atom is 0.209 e. The molecule has 2 aromatic rings. The van der Waals surface area contributed by atoms with E-state index in [0.29, 0.717) is 33.8 Å². The van der Waals surface area contributed by atoms with E-state index in [0.717, 1.165) is 5.39 Å². The number of nitrogens with zero attached hydrogens (tertiary/aromatic N) is 3. The maximum atomic E-state index is 14.7. The molecule has 1 aromatic heterocycles. The van der Waals surface area contributed by atoms with E-state index in [1.165, 1.54) is 6.07 Å². The van der Waals surface area contributed by atoms with E-state index < -0.39 is 6.04 Å². The van der Waals surface area contributed by atoms with E-state index in [4.69, 9.17) is 9.47 Å². The summed E-state index contributed by atoms with van der Waals surface area (Å²) in [6.45, 7) is 4.09. The van der Waals surface area contributed by atoms with Crippen molar-refractivity contribution in [3.05, 3.63) is 40.2 Å². The van der Waals surface area contributed by atoms with Gasteiger partial charge in [0.05, 0.1) is 19.7 Å². The highest BCUT2D eigenvalue weighted by Crippen LogP contribution is 2.30. The van der Waals surface area contributed by atoms with Crippen molar-refractivity contribution in [2.75, 3.05) is 14.2 Å². The summed E-state index contributed by atoms with van der Waals surface area (Å²) in [6, 6.07) is 4.45. The first-order valence-electron chi connectivity index (χ1n) is 8.41. The smallest absolute Gasteiger partial charge is 0.209 e. The van der Waals surface area contributed by atoms with Crippen LogP contribution in [-0.4, -0.2) is 43.1 Å². The normalized spacial score (nSPS) is 20.1. The van der Waals surface area contributed by atoms with E-state index in [2.05, 4.69) is 30.9 Å². The third-order valence-electron chi connectivity index (χ3n) is 4.44. The van der Waals surface area contributed by atoms with Gasteiger partial charge in [0.25, 0.3) is 0 Å². The van der Waals surface area contributed by atoms with E-state index in [1.54, 1.807) is 26.5 Å². The van der Waals surface area contributed by atoms with Gasteiger partial charge in [-0.15, -0.1) is 0 Å². The molecule has 2 heterocycles. The van der Waals surface area contributed by atoms with Gasteiger partial charge in [-0.2, -0.15) is 0 Å². The van der Waals surface area contributed by atoms with Crippen molar-refractivity contribution in [2.45, 2.75) is 32.4 Å². The zero-order valence-electron chi connectivity index (χ0n) is 15.2. The first kappa shape index (κ1) is 18.8. The zero-order valence-corrected chi connectivity index (χ0v) is 16.7. The summed E-state index contributed by atoms with van der Waals surface area (Å²) in [5.74, 6) is 0.942. The van der Waals surface area contributed by atoms with Gasteiger partial charge in [-0.25, -0.2) is 14.4 Å². The summed E-state index contributed by atoms with van der Waals surface area (Å²) < 4.78 is 26.3. The third kappa shape index (κ3) is 3.45. The monoisotopic (exact) mass is 421 g/mol. The van der Waals surface area contributed by atoms with Gasteiger partial charge in [0.2, 0.25) is 11.8 Å². The number of fused-ring (bicyclic) bond motifs is 1. The van der Waals surface area contributed by atoms with Crippen molar-refractivity contribution in [3.8, 4) is 0 Å². The fourth-order valence-electron chi connectivity index (χ4n) is 3.13.